The fourth-order valence-corrected chi connectivity index (χ4v) is 3.20. The molecule has 4 rings (SSSR count). The van der Waals surface area contributed by atoms with Crippen LogP contribution >= 0.6 is 0 Å². The molecule has 5 nitrogen and oxygen atoms in total. The number of hydrogen-bond acceptors (Lipinski definition) is 5. The molecule has 1 atom stereocenters. The van der Waals surface area contributed by atoms with Gasteiger partial charge in [-0.15, -0.1) is 0 Å². The van der Waals surface area contributed by atoms with Crippen LogP contribution in [0.5, 0.6) is 0 Å². The number of aromatic nitrogens is 2. The molecule has 0 bridgehead atoms. The number of pyridine rings is 2. The lowest BCUT2D eigenvalue weighted by Crippen LogP contribution is -2.42. The minimum atomic E-state index is 0.255. The van der Waals surface area contributed by atoms with Crippen LogP contribution in [0.4, 0.5) is 17.3 Å². The maximum atomic E-state index is 6.09. The summed E-state index contributed by atoms with van der Waals surface area (Å²) in [6, 6.07) is 16.5. The maximum absolute atomic E-state index is 6.09. The lowest BCUT2D eigenvalue weighted by Gasteiger charge is -2.32. The summed E-state index contributed by atoms with van der Waals surface area (Å²) in [5, 5.41) is 4.44. The molecule has 1 saturated heterocycles. The van der Waals surface area contributed by atoms with Crippen molar-refractivity contribution in [3.05, 3.63) is 54.7 Å². The molecule has 0 saturated carbocycles. The van der Waals surface area contributed by atoms with Crippen molar-refractivity contribution in [2.45, 2.75) is 18.9 Å². The Morgan fingerprint density at radius 3 is 2.92 bits per heavy atom. The molecule has 0 spiro atoms. The molecular formula is C19H21N5. The van der Waals surface area contributed by atoms with Crippen molar-refractivity contribution in [1.82, 2.24) is 9.97 Å². The van der Waals surface area contributed by atoms with E-state index in [4.69, 9.17) is 5.73 Å². The van der Waals surface area contributed by atoms with E-state index in [0.29, 0.717) is 0 Å². The summed E-state index contributed by atoms with van der Waals surface area (Å²) < 4.78 is 0. The first-order valence-electron chi connectivity index (χ1n) is 8.37. The van der Waals surface area contributed by atoms with E-state index in [1.807, 2.05) is 36.5 Å². The highest BCUT2D eigenvalue weighted by Gasteiger charge is 2.17. The number of nitrogens with two attached hydrogens (primary N) is 1. The molecule has 5 heteroatoms. The van der Waals surface area contributed by atoms with Crippen LogP contribution in [0.1, 0.15) is 12.8 Å². The van der Waals surface area contributed by atoms with Crippen LogP contribution < -0.4 is 16.0 Å². The third-order valence-electron chi connectivity index (χ3n) is 4.42. The Labute approximate surface area is 141 Å². The molecule has 1 aromatic carbocycles. The topological polar surface area (TPSA) is 67.1 Å². The van der Waals surface area contributed by atoms with Gasteiger partial charge in [-0.25, -0.2) is 9.97 Å². The highest BCUT2D eigenvalue weighted by molar-refractivity contribution is 5.80. The summed E-state index contributed by atoms with van der Waals surface area (Å²) in [6.07, 6.45) is 4.07. The van der Waals surface area contributed by atoms with Crippen LogP contribution in [0.25, 0.3) is 10.9 Å². The summed E-state index contributed by atoms with van der Waals surface area (Å²) in [5.74, 6) is 1.60. The van der Waals surface area contributed by atoms with Crippen LogP contribution in [0.15, 0.2) is 54.7 Å². The van der Waals surface area contributed by atoms with Crippen LogP contribution in [0.2, 0.25) is 0 Å². The monoisotopic (exact) mass is 319 g/mol. The molecule has 122 valence electrons. The minimum Gasteiger partial charge on any atom is -0.370 e. The van der Waals surface area contributed by atoms with Gasteiger partial charge in [0, 0.05) is 42.5 Å². The van der Waals surface area contributed by atoms with Crippen molar-refractivity contribution in [3.8, 4) is 0 Å². The van der Waals surface area contributed by atoms with E-state index in [2.05, 4.69) is 38.4 Å². The van der Waals surface area contributed by atoms with E-state index in [-0.39, 0.29) is 6.04 Å². The predicted octanol–water partition coefficient (Wildman–Crippen LogP) is 3.30. The van der Waals surface area contributed by atoms with Gasteiger partial charge in [0.25, 0.3) is 0 Å². The molecular weight excluding hydrogens is 298 g/mol. The first-order valence-corrected chi connectivity index (χ1v) is 8.37. The van der Waals surface area contributed by atoms with Gasteiger partial charge in [-0.05, 0) is 37.1 Å². The van der Waals surface area contributed by atoms with Crippen molar-refractivity contribution in [1.29, 1.82) is 0 Å². The molecule has 0 aliphatic carbocycles. The number of piperidine rings is 1. The fraction of sp³-hybridized carbons (Fsp3) is 0.263. The van der Waals surface area contributed by atoms with Gasteiger partial charge in [0.05, 0.1) is 5.52 Å². The second kappa shape index (κ2) is 6.45. The molecule has 3 N–H and O–H groups in total. The van der Waals surface area contributed by atoms with Gasteiger partial charge in [-0.1, -0.05) is 18.2 Å². The number of hydrogen-bond donors (Lipinski definition) is 2. The molecule has 2 aromatic heterocycles. The van der Waals surface area contributed by atoms with E-state index in [1.54, 1.807) is 0 Å². The number of para-hydroxylation sites is 1. The Hall–Kier alpha value is -2.66. The average Bonchev–Trinajstić information content (AvgIpc) is 2.62. The van der Waals surface area contributed by atoms with Gasteiger partial charge >= 0.3 is 0 Å². The normalized spacial score (nSPS) is 17.9. The van der Waals surface area contributed by atoms with E-state index in [1.165, 1.54) is 0 Å². The predicted molar refractivity (Wildman–Crippen MR) is 98.7 cm³/mol. The number of nitrogens with zero attached hydrogens (tertiary/aromatic N) is 3. The summed E-state index contributed by atoms with van der Waals surface area (Å²) in [4.78, 5) is 11.4. The maximum Gasteiger partial charge on any atom is 0.133 e. The van der Waals surface area contributed by atoms with Crippen molar-refractivity contribution in [2.75, 3.05) is 23.3 Å². The summed E-state index contributed by atoms with van der Waals surface area (Å²) in [6.45, 7) is 1.95. The lowest BCUT2D eigenvalue weighted by molar-refractivity contribution is 0.506. The Kier molecular flexibility index (Phi) is 4.01. The number of anilines is 3. The Morgan fingerprint density at radius 2 is 2.00 bits per heavy atom. The summed E-state index contributed by atoms with van der Waals surface area (Å²) in [5.41, 5.74) is 8.22. The number of benzene rings is 1. The molecule has 3 aromatic rings. The molecule has 3 heterocycles. The second-order valence-corrected chi connectivity index (χ2v) is 6.26. The fourth-order valence-electron chi connectivity index (χ4n) is 3.20. The van der Waals surface area contributed by atoms with Crippen molar-refractivity contribution in [3.63, 3.8) is 0 Å². The third kappa shape index (κ3) is 3.16. The van der Waals surface area contributed by atoms with Gasteiger partial charge in [-0.3, -0.25) is 0 Å². The summed E-state index contributed by atoms with van der Waals surface area (Å²) in [7, 11) is 0. The standard InChI is InChI=1S/C19H21N5/c20-15-5-3-11-24(13-15)16-9-10-21-19(12-16)23-18-8-7-14-4-1-2-6-17(14)22-18/h1-2,4,6-10,12,15H,3,5,11,13,20H2,(H,21,22,23). The SMILES string of the molecule is NC1CCCN(c2ccnc(Nc3ccc4ccccc4n3)c2)C1. The quantitative estimate of drug-likeness (QED) is 0.775. The highest BCUT2D eigenvalue weighted by atomic mass is 15.2. The Morgan fingerprint density at radius 1 is 1.08 bits per heavy atom. The molecule has 1 aliphatic heterocycles. The number of rotatable bonds is 3. The van der Waals surface area contributed by atoms with Gasteiger partial charge in [0.15, 0.2) is 0 Å². The van der Waals surface area contributed by atoms with Gasteiger partial charge < -0.3 is 16.0 Å². The summed E-state index contributed by atoms with van der Waals surface area (Å²) >= 11 is 0. The van der Waals surface area contributed by atoms with E-state index in [0.717, 1.165) is 54.2 Å². The van der Waals surface area contributed by atoms with Crippen LogP contribution in [-0.4, -0.2) is 29.1 Å². The van der Waals surface area contributed by atoms with Gasteiger partial charge in [-0.2, -0.15) is 0 Å². The smallest absolute Gasteiger partial charge is 0.133 e. The zero-order valence-electron chi connectivity index (χ0n) is 13.5. The molecule has 1 aliphatic rings. The molecule has 1 unspecified atom stereocenters. The largest absolute Gasteiger partial charge is 0.370 e. The molecule has 24 heavy (non-hydrogen) atoms. The van der Waals surface area contributed by atoms with Crippen molar-refractivity contribution < 1.29 is 0 Å². The Balaban J connectivity index is 1.56. The van der Waals surface area contributed by atoms with E-state index in [9.17, 15) is 0 Å². The van der Waals surface area contributed by atoms with Crippen molar-refractivity contribution >= 4 is 28.2 Å². The van der Waals surface area contributed by atoms with E-state index >= 15 is 0 Å². The van der Waals surface area contributed by atoms with Crippen LogP contribution in [-0.2, 0) is 0 Å². The number of nitrogens with one attached hydrogen (secondary N) is 1. The number of fused-ring (bicyclic) bond motifs is 1. The lowest BCUT2D eigenvalue weighted by atomic mass is 10.1. The van der Waals surface area contributed by atoms with Gasteiger partial charge in [0.1, 0.15) is 11.6 Å². The second-order valence-electron chi connectivity index (χ2n) is 6.26. The Bertz CT molecular complexity index is 848. The zero-order valence-corrected chi connectivity index (χ0v) is 13.5. The zero-order chi connectivity index (χ0) is 16.4. The van der Waals surface area contributed by atoms with Crippen LogP contribution in [0.3, 0.4) is 0 Å². The van der Waals surface area contributed by atoms with E-state index < -0.39 is 0 Å². The molecule has 0 radical (unpaired) electrons. The van der Waals surface area contributed by atoms with Gasteiger partial charge in [0.2, 0.25) is 0 Å². The molecule has 0 amide bonds. The highest BCUT2D eigenvalue weighted by Crippen LogP contribution is 2.23. The molecule has 1 fully saturated rings. The first kappa shape index (κ1) is 14.9. The average molecular weight is 319 g/mol. The minimum absolute atomic E-state index is 0.255. The van der Waals surface area contributed by atoms with Crippen LogP contribution in [0, 0.1) is 0 Å². The third-order valence-corrected chi connectivity index (χ3v) is 4.42. The van der Waals surface area contributed by atoms with Crippen molar-refractivity contribution in [2.24, 2.45) is 5.73 Å². The first-order chi connectivity index (χ1) is 11.8.